The molecule has 3 heterocycles. The van der Waals surface area contributed by atoms with Crippen molar-refractivity contribution in [2.24, 2.45) is 0 Å². The first-order valence-corrected chi connectivity index (χ1v) is 6.61. The summed E-state index contributed by atoms with van der Waals surface area (Å²) in [5.41, 5.74) is 0.994. The molecule has 1 unspecified atom stereocenters. The molecule has 0 saturated carbocycles. The third kappa shape index (κ3) is 1.95. The number of hydrogen-bond acceptors (Lipinski definition) is 3. The van der Waals surface area contributed by atoms with Gasteiger partial charge in [0.25, 0.3) is 0 Å². The van der Waals surface area contributed by atoms with Gasteiger partial charge in [0.1, 0.15) is 5.65 Å². The molecule has 4 heteroatoms. The molecular formula is C12H15N3S. The fraction of sp³-hybridized carbons (Fsp3) is 0.417. The predicted octanol–water partition coefficient (Wildman–Crippen LogP) is 2.41. The lowest BCUT2D eigenvalue weighted by Crippen LogP contribution is -2.31. The predicted molar refractivity (Wildman–Crippen MR) is 67.8 cm³/mol. The number of piperidine rings is 1. The largest absolute Gasteiger partial charge is 0.345 e. The second-order valence-electron chi connectivity index (χ2n) is 4.14. The van der Waals surface area contributed by atoms with Gasteiger partial charge in [0.15, 0.2) is 0 Å². The summed E-state index contributed by atoms with van der Waals surface area (Å²) in [5.74, 6) is 0. The van der Waals surface area contributed by atoms with Gasteiger partial charge in [-0.3, -0.25) is 0 Å². The normalized spacial score (nSPS) is 21.4. The molecule has 0 radical (unpaired) electrons. The highest BCUT2D eigenvalue weighted by Gasteiger charge is 2.16. The number of H-pyrrole nitrogens is 1. The first-order valence-electron chi connectivity index (χ1n) is 5.73. The summed E-state index contributed by atoms with van der Waals surface area (Å²) < 4.78 is 0. The Balaban J connectivity index is 1.83. The van der Waals surface area contributed by atoms with Crippen LogP contribution < -0.4 is 5.32 Å². The van der Waals surface area contributed by atoms with Crippen LogP contribution in [-0.2, 0) is 0 Å². The van der Waals surface area contributed by atoms with E-state index in [1.165, 1.54) is 29.7 Å². The zero-order chi connectivity index (χ0) is 10.8. The number of fused-ring (bicyclic) bond motifs is 1. The molecule has 1 aliphatic rings. The Labute approximate surface area is 99.0 Å². The number of nitrogens with zero attached hydrogens (tertiary/aromatic N) is 1. The van der Waals surface area contributed by atoms with Gasteiger partial charge in [-0.1, -0.05) is 0 Å². The third-order valence-corrected chi connectivity index (χ3v) is 4.29. The molecule has 0 aliphatic carbocycles. The highest BCUT2D eigenvalue weighted by molar-refractivity contribution is 8.00. The monoisotopic (exact) mass is 233 g/mol. The van der Waals surface area contributed by atoms with E-state index in [9.17, 15) is 0 Å². The van der Waals surface area contributed by atoms with Crippen molar-refractivity contribution in [1.29, 1.82) is 0 Å². The Bertz CT molecular complexity index is 474. The van der Waals surface area contributed by atoms with Crippen LogP contribution in [-0.4, -0.2) is 28.3 Å². The third-order valence-electron chi connectivity index (χ3n) is 2.96. The molecule has 16 heavy (non-hydrogen) atoms. The lowest BCUT2D eigenvalue weighted by Gasteiger charge is -2.21. The number of aromatic amines is 1. The molecule has 0 spiro atoms. The Hall–Kier alpha value is -1.00. The van der Waals surface area contributed by atoms with Gasteiger partial charge in [0.05, 0.1) is 0 Å². The smallest absolute Gasteiger partial charge is 0.138 e. The van der Waals surface area contributed by atoms with E-state index in [0.717, 1.165) is 12.2 Å². The van der Waals surface area contributed by atoms with E-state index in [2.05, 4.69) is 27.5 Å². The molecular weight excluding hydrogens is 218 g/mol. The first kappa shape index (κ1) is 10.2. The number of nitrogens with one attached hydrogen (secondary N) is 2. The van der Waals surface area contributed by atoms with E-state index < -0.39 is 0 Å². The SMILES string of the molecule is c1cnc2[nH]cc(SC3CCCNC3)c2c1. The highest BCUT2D eigenvalue weighted by atomic mass is 32.2. The van der Waals surface area contributed by atoms with Crippen molar-refractivity contribution in [3.8, 4) is 0 Å². The van der Waals surface area contributed by atoms with Gasteiger partial charge in [-0.25, -0.2) is 4.98 Å². The fourth-order valence-corrected chi connectivity index (χ4v) is 3.39. The molecule has 0 amide bonds. The summed E-state index contributed by atoms with van der Waals surface area (Å²) in [5, 5.41) is 5.40. The number of pyridine rings is 1. The summed E-state index contributed by atoms with van der Waals surface area (Å²) in [4.78, 5) is 8.87. The zero-order valence-electron chi connectivity index (χ0n) is 9.07. The van der Waals surface area contributed by atoms with Crippen LogP contribution in [0.1, 0.15) is 12.8 Å². The average molecular weight is 233 g/mol. The van der Waals surface area contributed by atoms with Crippen molar-refractivity contribution in [3.63, 3.8) is 0 Å². The number of hydrogen-bond donors (Lipinski definition) is 2. The van der Waals surface area contributed by atoms with Crippen molar-refractivity contribution < 1.29 is 0 Å². The summed E-state index contributed by atoms with van der Waals surface area (Å²) in [6.07, 6.45) is 6.51. The number of thioether (sulfide) groups is 1. The molecule has 3 rings (SSSR count). The second kappa shape index (κ2) is 4.47. The lowest BCUT2D eigenvalue weighted by atomic mass is 10.2. The molecule has 1 fully saturated rings. The Kier molecular flexibility index (Phi) is 2.84. The molecule has 84 valence electrons. The summed E-state index contributed by atoms with van der Waals surface area (Å²) in [6, 6.07) is 4.14. The van der Waals surface area contributed by atoms with Crippen LogP contribution in [0.2, 0.25) is 0 Å². The Morgan fingerprint density at radius 3 is 3.31 bits per heavy atom. The summed E-state index contributed by atoms with van der Waals surface area (Å²) in [6.45, 7) is 2.30. The van der Waals surface area contributed by atoms with Gasteiger partial charge in [0, 0.05) is 34.5 Å². The number of aromatic nitrogens is 2. The van der Waals surface area contributed by atoms with Gasteiger partial charge in [-0.05, 0) is 31.5 Å². The molecule has 1 atom stereocenters. The van der Waals surface area contributed by atoms with E-state index in [1.807, 2.05) is 24.0 Å². The zero-order valence-corrected chi connectivity index (χ0v) is 9.89. The molecule has 2 N–H and O–H groups in total. The van der Waals surface area contributed by atoms with Gasteiger partial charge < -0.3 is 10.3 Å². The molecule has 2 aromatic rings. The first-order chi connectivity index (χ1) is 7.93. The van der Waals surface area contributed by atoms with Crippen LogP contribution in [0.25, 0.3) is 11.0 Å². The Morgan fingerprint density at radius 2 is 2.44 bits per heavy atom. The van der Waals surface area contributed by atoms with E-state index in [4.69, 9.17) is 0 Å². The topological polar surface area (TPSA) is 40.7 Å². The van der Waals surface area contributed by atoms with Crippen molar-refractivity contribution in [3.05, 3.63) is 24.5 Å². The van der Waals surface area contributed by atoms with Gasteiger partial charge in [0.2, 0.25) is 0 Å². The van der Waals surface area contributed by atoms with E-state index in [0.29, 0.717) is 5.25 Å². The van der Waals surface area contributed by atoms with E-state index >= 15 is 0 Å². The molecule has 0 aromatic carbocycles. The van der Waals surface area contributed by atoms with Crippen LogP contribution in [0, 0.1) is 0 Å². The second-order valence-corrected chi connectivity index (χ2v) is 5.48. The molecule has 2 aromatic heterocycles. The van der Waals surface area contributed by atoms with E-state index in [-0.39, 0.29) is 0 Å². The van der Waals surface area contributed by atoms with Crippen molar-refractivity contribution in [2.45, 2.75) is 23.0 Å². The molecule has 1 saturated heterocycles. The van der Waals surface area contributed by atoms with Gasteiger partial charge in [-0.2, -0.15) is 0 Å². The minimum absolute atomic E-state index is 0.702. The maximum Gasteiger partial charge on any atom is 0.138 e. The van der Waals surface area contributed by atoms with E-state index in [1.54, 1.807) is 0 Å². The van der Waals surface area contributed by atoms with Gasteiger partial charge >= 0.3 is 0 Å². The average Bonchev–Trinajstić information content (AvgIpc) is 2.74. The fourth-order valence-electron chi connectivity index (χ4n) is 2.13. The highest BCUT2D eigenvalue weighted by Crippen LogP contribution is 2.32. The maximum absolute atomic E-state index is 4.31. The van der Waals surface area contributed by atoms with Crippen LogP contribution in [0.4, 0.5) is 0 Å². The van der Waals surface area contributed by atoms with Gasteiger partial charge in [-0.15, -0.1) is 11.8 Å². The maximum atomic E-state index is 4.31. The summed E-state index contributed by atoms with van der Waals surface area (Å²) >= 11 is 1.97. The molecule has 1 aliphatic heterocycles. The van der Waals surface area contributed by atoms with Crippen LogP contribution in [0.5, 0.6) is 0 Å². The quantitative estimate of drug-likeness (QED) is 0.837. The standard InChI is InChI=1S/C12H15N3S/c1-3-9(7-13-5-1)16-11-8-15-12-10(11)4-2-6-14-12/h2,4,6,8-9,13H,1,3,5,7H2,(H,14,15). The Morgan fingerprint density at radius 1 is 1.44 bits per heavy atom. The lowest BCUT2D eigenvalue weighted by molar-refractivity contribution is 0.531. The van der Waals surface area contributed by atoms with Crippen molar-refractivity contribution in [1.82, 2.24) is 15.3 Å². The van der Waals surface area contributed by atoms with Crippen molar-refractivity contribution >= 4 is 22.8 Å². The summed E-state index contributed by atoms with van der Waals surface area (Å²) in [7, 11) is 0. The van der Waals surface area contributed by atoms with Crippen LogP contribution in [0.3, 0.4) is 0 Å². The number of rotatable bonds is 2. The molecule has 3 nitrogen and oxygen atoms in total. The molecule has 0 bridgehead atoms. The van der Waals surface area contributed by atoms with Crippen LogP contribution in [0.15, 0.2) is 29.4 Å². The van der Waals surface area contributed by atoms with Crippen LogP contribution >= 0.6 is 11.8 Å². The minimum Gasteiger partial charge on any atom is -0.345 e. The minimum atomic E-state index is 0.702. The van der Waals surface area contributed by atoms with Crippen molar-refractivity contribution in [2.75, 3.05) is 13.1 Å².